The first-order valence-corrected chi connectivity index (χ1v) is 4.51. The Bertz CT molecular complexity index is 123. The van der Waals surface area contributed by atoms with E-state index in [0.717, 1.165) is 0 Å². The van der Waals surface area contributed by atoms with E-state index >= 15 is 0 Å². The van der Waals surface area contributed by atoms with E-state index in [1.54, 1.807) is 0 Å². The summed E-state index contributed by atoms with van der Waals surface area (Å²) in [5, 5.41) is 9.51. The molecule has 0 amide bonds. The second-order valence-corrected chi connectivity index (χ2v) is 3.74. The molecule has 0 aliphatic carbocycles. The summed E-state index contributed by atoms with van der Waals surface area (Å²) in [5.74, 6) is 0. The van der Waals surface area contributed by atoms with Gasteiger partial charge in [0.2, 0.25) is 0 Å². The molecular formula is C5H12Br2N2O2. The molecule has 0 aliphatic rings. The third-order valence-electron chi connectivity index (χ3n) is 1.26. The highest BCUT2D eigenvalue weighted by Crippen LogP contribution is 2.17. The van der Waals surface area contributed by atoms with Crippen LogP contribution in [0.25, 0.3) is 0 Å². The van der Waals surface area contributed by atoms with Crippen LogP contribution in [0.3, 0.4) is 0 Å². The highest BCUT2D eigenvalue weighted by molar-refractivity contribution is 9.08. The summed E-state index contributed by atoms with van der Waals surface area (Å²) in [6, 6.07) is 0. The lowest BCUT2D eigenvalue weighted by atomic mass is 10.1. The van der Waals surface area contributed by atoms with E-state index in [1.165, 1.54) is 11.2 Å². The number of halogens is 2. The number of hydrogen-bond donors (Lipinski definition) is 2. The van der Waals surface area contributed by atoms with Crippen molar-refractivity contribution in [2.75, 3.05) is 7.11 Å². The molecule has 0 rings (SSSR count). The number of rotatable bonds is 4. The Labute approximate surface area is 83.5 Å². The van der Waals surface area contributed by atoms with Crippen molar-refractivity contribution in [3.05, 3.63) is 0 Å². The fourth-order valence-corrected chi connectivity index (χ4v) is 1.12. The molecular weight excluding hydrogens is 280 g/mol. The van der Waals surface area contributed by atoms with Gasteiger partial charge in [0, 0.05) is 32.3 Å². The molecule has 4 nitrogen and oxygen atoms in total. The normalized spacial score (nSPS) is 15.5. The summed E-state index contributed by atoms with van der Waals surface area (Å²) < 4.78 is 3.95. The van der Waals surface area contributed by atoms with E-state index in [9.17, 15) is 5.11 Å². The van der Waals surface area contributed by atoms with Crippen molar-refractivity contribution >= 4 is 32.3 Å². The van der Waals surface area contributed by atoms with Gasteiger partial charge in [-0.15, -0.1) is 0 Å². The van der Waals surface area contributed by atoms with Crippen molar-refractivity contribution in [2.24, 2.45) is 0 Å². The van der Waals surface area contributed by atoms with Crippen LogP contribution in [-0.4, -0.2) is 28.1 Å². The largest absolute Gasteiger partial charge is 0.373 e. The van der Waals surface area contributed by atoms with Gasteiger partial charge in [-0.3, -0.25) is 4.84 Å². The van der Waals surface area contributed by atoms with Crippen LogP contribution in [0, 0.1) is 0 Å². The number of hydrogen-bond acceptors (Lipinski definition) is 4. The summed E-state index contributed by atoms with van der Waals surface area (Å²) in [4.78, 5) is 4.74. The van der Waals surface area contributed by atoms with E-state index in [0.29, 0.717) is 0 Å². The van der Waals surface area contributed by atoms with Gasteiger partial charge < -0.3 is 5.11 Å². The Morgan fingerprint density at radius 2 is 2.09 bits per heavy atom. The van der Waals surface area contributed by atoms with Gasteiger partial charge in [0.05, 0.1) is 12.6 Å². The second-order valence-electron chi connectivity index (χ2n) is 2.64. The van der Waals surface area contributed by atoms with E-state index < -0.39 is 11.8 Å². The lowest BCUT2D eigenvalue weighted by Gasteiger charge is -2.32. The fraction of sp³-hybridized carbons (Fsp3) is 1.00. The van der Waals surface area contributed by atoms with Crippen molar-refractivity contribution < 1.29 is 9.94 Å². The number of nitrogens with zero attached hydrogens (tertiary/aromatic N) is 1. The maximum Gasteiger partial charge on any atom is 0.159 e. The zero-order valence-electron chi connectivity index (χ0n) is 6.64. The minimum Gasteiger partial charge on any atom is -0.373 e. The van der Waals surface area contributed by atoms with Gasteiger partial charge in [-0.2, -0.15) is 0 Å². The first-order valence-electron chi connectivity index (χ1n) is 3.00. The highest BCUT2D eigenvalue weighted by Gasteiger charge is 2.31. The molecule has 0 aliphatic heterocycles. The van der Waals surface area contributed by atoms with Gasteiger partial charge in [-0.25, -0.2) is 4.34 Å². The third kappa shape index (κ3) is 3.35. The third-order valence-corrected chi connectivity index (χ3v) is 2.96. The number of nitrogens with one attached hydrogen (secondary N) is 1. The van der Waals surface area contributed by atoms with Crippen molar-refractivity contribution in [3.8, 4) is 0 Å². The van der Waals surface area contributed by atoms with Gasteiger partial charge in [0.15, 0.2) is 6.23 Å². The van der Waals surface area contributed by atoms with Gasteiger partial charge >= 0.3 is 0 Å². The number of aliphatic hydroxyl groups excluding tert-OH is 1. The van der Waals surface area contributed by atoms with Gasteiger partial charge in [0.25, 0.3) is 0 Å². The van der Waals surface area contributed by atoms with Crippen molar-refractivity contribution in [1.82, 2.24) is 8.43 Å². The molecule has 0 saturated heterocycles. The molecule has 0 spiro atoms. The summed E-state index contributed by atoms with van der Waals surface area (Å²) in [7, 11) is 1.46. The second kappa shape index (κ2) is 4.74. The van der Waals surface area contributed by atoms with Crippen molar-refractivity contribution in [1.29, 1.82) is 0 Å². The smallest absolute Gasteiger partial charge is 0.159 e. The number of hydroxylamine groups is 1. The van der Waals surface area contributed by atoms with Crippen LogP contribution in [0.15, 0.2) is 0 Å². The standard InChI is InChI=1S/C5H12Br2N2O2/c1-5(2,8-6)4(10)9(7)11-3/h4,8,10H,1-3H3. The molecule has 11 heavy (non-hydrogen) atoms. The lowest BCUT2D eigenvalue weighted by Crippen LogP contribution is -2.51. The first kappa shape index (κ1) is 11.8. The fourth-order valence-electron chi connectivity index (χ4n) is 0.402. The Morgan fingerprint density at radius 1 is 1.64 bits per heavy atom. The van der Waals surface area contributed by atoms with E-state index in [1.807, 2.05) is 13.8 Å². The molecule has 0 aromatic heterocycles. The van der Waals surface area contributed by atoms with Gasteiger partial charge in [-0.1, -0.05) is 4.09 Å². The molecule has 68 valence electrons. The molecule has 2 N–H and O–H groups in total. The molecule has 1 atom stereocenters. The summed E-state index contributed by atoms with van der Waals surface area (Å²) in [6.45, 7) is 3.64. The molecule has 0 heterocycles. The molecule has 0 aromatic carbocycles. The lowest BCUT2D eigenvalue weighted by molar-refractivity contribution is -0.159. The van der Waals surface area contributed by atoms with Crippen LogP contribution < -0.4 is 4.34 Å². The highest BCUT2D eigenvalue weighted by atomic mass is 79.9. The van der Waals surface area contributed by atoms with Crippen LogP contribution in [-0.2, 0) is 4.84 Å². The maximum atomic E-state index is 9.51. The van der Waals surface area contributed by atoms with Crippen LogP contribution >= 0.6 is 32.3 Å². The molecule has 0 bridgehead atoms. The van der Waals surface area contributed by atoms with E-state index in [2.05, 4.69) is 36.6 Å². The van der Waals surface area contributed by atoms with Gasteiger partial charge in [0.1, 0.15) is 0 Å². The topological polar surface area (TPSA) is 44.7 Å². The maximum absolute atomic E-state index is 9.51. The molecule has 0 radical (unpaired) electrons. The average molecular weight is 292 g/mol. The zero-order valence-corrected chi connectivity index (χ0v) is 9.81. The van der Waals surface area contributed by atoms with Crippen LogP contribution in [0.2, 0.25) is 0 Å². The summed E-state index contributed by atoms with van der Waals surface area (Å²) in [6.07, 6.45) is -0.785. The van der Waals surface area contributed by atoms with Crippen LogP contribution in [0.5, 0.6) is 0 Å². The SMILES string of the molecule is CON(Br)C(O)C(C)(C)NBr. The van der Waals surface area contributed by atoms with E-state index in [4.69, 9.17) is 4.84 Å². The van der Waals surface area contributed by atoms with Crippen LogP contribution in [0.4, 0.5) is 0 Å². The number of aliphatic hydroxyl groups is 1. The van der Waals surface area contributed by atoms with Crippen molar-refractivity contribution in [2.45, 2.75) is 25.6 Å². The Hall–Kier alpha value is 0.800. The Morgan fingerprint density at radius 3 is 2.36 bits per heavy atom. The van der Waals surface area contributed by atoms with Gasteiger partial charge in [-0.05, 0) is 13.8 Å². The Kier molecular flexibility index (Phi) is 5.08. The van der Waals surface area contributed by atoms with E-state index in [-0.39, 0.29) is 0 Å². The van der Waals surface area contributed by atoms with Crippen molar-refractivity contribution in [3.63, 3.8) is 0 Å². The minimum atomic E-state index is -0.785. The molecule has 0 fully saturated rings. The molecule has 1 unspecified atom stereocenters. The molecule has 0 saturated carbocycles. The minimum absolute atomic E-state index is 0.500. The molecule has 6 heteroatoms. The van der Waals surface area contributed by atoms with Crippen LogP contribution in [0.1, 0.15) is 13.8 Å². The molecule has 0 aromatic rings. The zero-order chi connectivity index (χ0) is 9.07. The first-order chi connectivity index (χ1) is 4.95. The average Bonchev–Trinajstić information content (AvgIpc) is 2.01. The summed E-state index contributed by atoms with van der Waals surface area (Å²) >= 11 is 6.08. The monoisotopic (exact) mass is 290 g/mol. The predicted molar refractivity (Wildman–Crippen MR) is 49.9 cm³/mol. The predicted octanol–water partition coefficient (Wildman–Crippen LogP) is 1.16. The Balaban J connectivity index is 4.10. The quantitative estimate of drug-likeness (QED) is 0.463. The summed E-state index contributed by atoms with van der Waals surface area (Å²) in [5.41, 5.74) is -0.500.